The molecule has 1 amide bonds. The van der Waals surface area contributed by atoms with Crippen molar-refractivity contribution in [2.45, 2.75) is 71.3 Å². The van der Waals surface area contributed by atoms with Crippen LogP contribution in [-0.4, -0.2) is 27.0 Å². The minimum Gasteiger partial charge on any atom is -0.444 e. The Morgan fingerprint density at radius 2 is 2.00 bits per heavy atom. The van der Waals surface area contributed by atoms with Crippen molar-refractivity contribution >= 4 is 46.0 Å². The van der Waals surface area contributed by atoms with Gasteiger partial charge in [0.1, 0.15) is 11.4 Å². The standard InChI is InChI=1S/C25H29ClN4O3S2/c1-13-8-16(12-27-11-13)18-9-17(26)21(34-18)25(7)10-19(20-14(2)30-33-15(20)3)35-22(29-25)28-23(31)32-24(4,5)6/h8-9,11-12,19H,10H2,1-7H3,(H,28,29,31)/t19-,25-/m0/s1. The largest absolute Gasteiger partial charge is 0.444 e. The first-order valence-corrected chi connectivity index (χ1v) is 13.3. The third-order valence-electron chi connectivity index (χ3n) is 5.54. The lowest BCUT2D eigenvalue weighted by Crippen LogP contribution is -2.39. The summed E-state index contributed by atoms with van der Waals surface area (Å²) < 4.78 is 10.9. The van der Waals surface area contributed by atoms with Gasteiger partial charge in [0.05, 0.1) is 21.1 Å². The van der Waals surface area contributed by atoms with Crippen LogP contribution >= 0.6 is 34.7 Å². The maximum absolute atomic E-state index is 12.6. The number of aryl methyl sites for hydroxylation is 3. The maximum atomic E-state index is 12.6. The number of carbonyl (C=O) groups excluding carboxylic acids is 1. The molecule has 0 bridgehead atoms. The van der Waals surface area contributed by atoms with Crippen molar-refractivity contribution < 1.29 is 14.1 Å². The Balaban J connectivity index is 1.75. The van der Waals surface area contributed by atoms with Crippen LogP contribution in [0.4, 0.5) is 4.79 Å². The van der Waals surface area contributed by atoms with Gasteiger partial charge in [-0.15, -0.1) is 11.3 Å². The molecule has 0 saturated heterocycles. The number of ether oxygens (including phenoxy) is 1. The van der Waals surface area contributed by atoms with Crippen LogP contribution < -0.4 is 5.32 Å². The van der Waals surface area contributed by atoms with Crippen LogP contribution in [0.2, 0.25) is 5.02 Å². The molecule has 2 atom stereocenters. The smallest absolute Gasteiger partial charge is 0.413 e. The van der Waals surface area contributed by atoms with Crippen LogP contribution in [0.1, 0.15) is 66.8 Å². The van der Waals surface area contributed by atoms with Gasteiger partial charge in [-0.2, -0.15) is 0 Å². The van der Waals surface area contributed by atoms with E-state index >= 15 is 0 Å². The number of carbonyl (C=O) groups is 1. The first-order chi connectivity index (χ1) is 16.3. The van der Waals surface area contributed by atoms with Gasteiger partial charge in [-0.1, -0.05) is 28.5 Å². The molecule has 1 aliphatic rings. The number of aliphatic imine (C=N–C) groups is 1. The number of amidine groups is 1. The van der Waals surface area contributed by atoms with E-state index in [0.29, 0.717) is 16.6 Å². The van der Waals surface area contributed by atoms with Gasteiger partial charge in [0.2, 0.25) is 0 Å². The normalized spacial score (nSPS) is 20.5. The lowest BCUT2D eigenvalue weighted by Gasteiger charge is -2.35. The summed E-state index contributed by atoms with van der Waals surface area (Å²) in [7, 11) is 0. The summed E-state index contributed by atoms with van der Waals surface area (Å²) in [6.45, 7) is 13.4. The summed E-state index contributed by atoms with van der Waals surface area (Å²) in [6, 6.07) is 4.05. The Bertz CT molecular complexity index is 1270. The number of alkyl carbamates (subject to hydrolysis) is 1. The molecule has 0 radical (unpaired) electrons. The predicted molar refractivity (Wildman–Crippen MR) is 142 cm³/mol. The monoisotopic (exact) mass is 532 g/mol. The zero-order valence-electron chi connectivity index (χ0n) is 20.9. The molecule has 1 N–H and O–H groups in total. The minimum atomic E-state index is -0.687. The van der Waals surface area contributed by atoms with Crippen LogP contribution in [0.25, 0.3) is 10.4 Å². The quantitative estimate of drug-likeness (QED) is 0.379. The molecule has 0 saturated carbocycles. The summed E-state index contributed by atoms with van der Waals surface area (Å²) >= 11 is 9.87. The summed E-state index contributed by atoms with van der Waals surface area (Å²) in [5.74, 6) is 0.754. The van der Waals surface area contributed by atoms with Gasteiger partial charge in [-0.3, -0.25) is 10.3 Å². The molecule has 0 aromatic carbocycles. The van der Waals surface area contributed by atoms with Crippen LogP contribution in [0.3, 0.4) is 0 Å². The van der Waals surface area contributed by atoms with Gasteiger partial charge >= 0.3 is 6.09 Å². The minimum absolute atomic E-state index is 0.0454. The van der Waals surface area contributed by atoms with E-state index in [-0.39, 0.29) is 5.25 Å². The third-order valence-corrected chi connectivity index (χ3v) is 8.49. The number of aromatic nitrogens is 2. The maximum Gasteiger partial charge on any atom is 0.413 e. The highest BCUT2D eigenvalue weighted by molar-refractivity contribution is 8.14. The summed E-state index contributed by atoms with van der Waals surface area (Å²) in [5.41, 5.74) is 2.61. The zero-order valence-corrected chi connectivity index (χ0v) is 23.2. The highest BCUT2D eigenvalue weighted by Gasteiger charge is 2.41. The highest BCUT2D eigenvalue weighted by Crippen LogP contribution is 2.52. The molecule has 0 unspecified atom stereocenters. The zero-order chi connectivity index (χ0) is 25.5. The number of rotatable bonds is 3. The lowest BCUT2D eigenvalue weighted by molar-refractivity contribution is 0.0564. The number of thiophene rings is 1. The molecule has 0 aliphatic carbocycles. The van der Waals surface area contributed by atoms with Crippen molar-refractivity contribution in [3.05, 3.63) is 57.0 Å². The van der Waals surface area contributed by atoms with Gasteiger partial charge in [0.25, 0.3) is 0 Å². The topological polar surface area (TPSA) is 89.6 Å². The van der Waals surface area contributed by atoms with E-state index in [9.17, 15) is 4.79 Å². The van der Waals surface area contributed by atoms with Crippen molar-refractivity contribution in [1.29, 1.82) is 0 Å². The molecule has 3 aromatic heterocycles. The van der Waals surface area contributed by atoms with E-state index in [1.807, 2.05) is 66.9 Å². The van der Waals surface area contributed by atoms with E-state index in [1.165, 1.54) is 11.8 Å². The Morgan fingerprint density at radius 1 is 1.26 bits per heavy atom. The van der Waals surface area contributed by atoms with Crippen molar-refractivity contribution in [2.24, 2.45) is 4.99 Å². The number of nitrogens with zero attached hydrogens (tertiary/aromatic N) is 3. The predicted octanol–water partition coefficient (Wildman–Crippen LogP) is 7.35. The molecule has 3 aromatic rings. The van der Waals surface area contributed by atoms with Crippen LogP contribution in [0.15, 0.2) is 34.0 Å². The van der Waals surface area contributed by atoms with Crippen molar-refractivity contribution in [3.63, 3.8) is 0 Å². The van der Waals surface area contributed by atoms with Gasteiger partial charge in [0.15, 0.2) is 5.17 Å². The molecule has 4 rings (SSSR count). The summed E-state index contributed by atoms with van der Waals surface area (Å²) in [5, 5.41) is 8.06. The molecule has 0 fully saturated rings. The Hall–Kier alpha value is -2.36. The Kier molecular flexibility index (Phi) is 7.05. The van der Waals surface area contributed by atoms with Crippen molar-refractivity contribution in [1.82, 2.24) is 15.5 Å². The van der Waals surface area contributed by atoms with Gasteiger partial charge in [-0.25, -0.2) is 9.79 Å². The number of hydrogen-bond acceptors (Lipinski definition) is 8. The molecule has 186 valence electrons. The number of halogens is 1. The molecule has 0 spiro atoms. The molecule has 35 heavy (non-hydrogen) atoms. The van der Waals surface area contributed by atoms with Crippen molar-refractivity contribution in [2.75, 3.05) is 0 Å². The fourth-order valence-electron chi connectivity index (χ4n) is 4.10. The average Bonchev–Trinajstić information content (AvgIpc) is 3.28. The summed E-state index contributed by atoms with van der Waals surface area (Å²) in [6.07, 6.45) is 3.77. The molecule has 4 heterocycles. The van der Waals surface area contributed by atoms with E-state index in [4.69, 9.17) is 25.9 Å². The number of thioether (sulfide) groups is 1. The molecular weight excluding hydrogens is 504 g/mol. The van der Waals surface area contributed by atoms with E-state index in [1.54, 1.807) is 11.3 Å². The fraction of sp³-hybridized carbons (Fsp3) is 0.440. The average molecular weight is 533 g/mol. The first-order valence-electron chi connectivity index (χ1n) is 11.3. The number of hydrogen-bond donors (Lipinski definition) is 1. The SMILES string of the molecule is Cc1cncc(-c2cc(Cl)c([C@]3(C)C[C@@H](c4c(C)noc4C)SC(NC(=O)OC(C)(C)C)=N3)s2)c1. The van der Waals surface area contributed by atoms with E-state index in [2.05, 4.69) is 21.5 Å². The lowest BCUT2D eigenvalue weighted by atomic mass is 9.91. The van der Waals surface area contributed by atoms with Gasteiger partial charge in [0, 0.05) is 33.6 Å². The number of amides is 1. The molecule has 10 heteroatoms. The summed E-state index contributed by atoms with van der Waals surface area (Å²) in [4.78, 5) is 23.9. The van der Waals surface area contributed by atoms with E-state index < -0.39 is 17.2 Å². The Labute approximate surface area is 218 Å². The Morgan fingerprint density at radius 3 is 2.63 bits per heavy atom. The second-order valence-electron chi connectivity index (χ2n) is 9.90. The molecular formula is C25H29ClN4O3S2. The van der Waals surface area contributed by atoms with Crippen molar-refractivity contribution in [3.8, 4) is 10.4 Å². The van der Waals surface area contributed by atoms with Gasteiger partial charge in [-0.05, 0) is 72.6 Å². The second-order valence-corrected chi connectivity index (χ2v) is 12.6. The second kappa shape index (κ2) is 9.59. The van der Waals surface area contributed by atoms with E-state index in [0.717, 1.165) is 37.9 Å². The number of pyridine rings is 1. The first kappa shape index (κ1) is 25.7. The van der Waals surface area contributed by atoms with Crippen LogP contribution in [0, 0.1) is 20.8 Å². The fourth-order valence-corrected chi connectivity index (χ4v) is 7.26. The highest BCUT2D eigenvalue weighted by atomic mass is 35.5. The third kappa shape index (κ3) is 5.73. The van der Waals surface area contributed by atoms with Gasteiger partial charge < -0.3 is 9.26 Å². The molecule has 1 aliphatic heterocycles. The van der Waals surface area contributed by atoms with Crippen LogP contribution in [-0.2, 0) is 10.3 Å². The number of nitrogens with one attached hydrogen (secondary N) is 1. The van der Waals surface area contributed by atoms with Crippen LogP contribution in [0.5, 0.6) is 0 Å². The molecule has 7 nitrogen and oxygen atoms in total.